The Labute approximate surface area is 877 Å². The lowest BCUT2D eigenvalue weighted by molar-refractivity contribution is -0.172. The summed E-state index contributed by atoms with van der Waals surface area (Å²) in [5.41, 5.74) is 1.93. The van der Waals surface area contributed by atoms with Crippen molar-refractivity contribution in [3.05, 3.63) is 145 Å². The highest BCUT2D eigenvalue weighted by Crippen LogP contribution is 2.67. The topological polar surface area (TPSA) is 302 Å². The fourth-order valence-electron chi connectivity index (χ4n) is 28.6. The first-order valence-electron chi connectivity index (χ1n) is 54.8. The van der Waals surface area contributed by atoms with Crippen LogP contribution in [0.3, 0.4) is 0 Å². The van der Waals surface area contributed by atoms with Crippen molar-refractivity contribution in [3.8, 4) is 0 Å². The Morgan fingerprint density at radius 1 is 0.397 bits per heavy atom. The van der Waals surface area contributed by atoms with Gasteiger partial charge in [0.1, 0.15) is 52.6 Å². The molecule has 7 fully saturated rings. The largest absolute Gasteiger partial charge is 0.457 e. The van der Waals surface area contributed by atoms with Gasteiger partial charge in [-0.3, -0.25) is 9.59 Å². The van der Waals surface area contributed by atoms with Gasteiger partial charge in [-0.05, 0) is 225 Å². The molecule has 0 aromatic rings. The summed E-state index contributed by atoms with van der Waals surface area (Å²) in [5.74, 6) is -2.37. The molecule has 24 nitrogen and oxygen atoms in total. The molecular weight excluding hydrogens is 1900 g/mol. The zero-order valence-corrected chi connectivity index (χ0v) is 97.8. The highest BCUT2D eigenvalue weighted by Gasteiger charge is 2.73. The molecule has 816 valence electrons. The maximum Gasteiger partial charge on any atom is 0.335 e. The van der Waals surface area contributed by atoms with Gasteiger partial charge in [0.2, 0.25) is 0 Å². The maximum atomic E-state index is 14.0. The third-order valence-corrected chi connectivity index (χ3v) is 53.2. The van der Waals surface area contributed by atoms with Gasteiger partial charge in [-0.2, -0.15) is 0 Å². The van der Waals surface area contributed by atoms with Gasteiger partial charge in [0.05, 0.1) is 72.9 Å². The monoisotopic (exact) mass is 2080 g/mol. The van der Waals surface area contributed by atoms with E-state index in [1.54, 1.807) is 28.3 Å². The molecule has 3 saturated carbocycles. The van der Waals surface area contributed by atoms with Crippen LogP contribution >= 0.6 is 0 Å². The summed E-state index contributed by atoms with van der Waals surface area (Å²) in [4.78, 5) is 81.1. The van der Waals surface area contributed by atoms with Crippen molar-refractivity contribution < 1.29 is 114 Å². The minimum Gasteiger partial charge on any atom is -0.457 e. The van der Waals surface area contributed by atoms with Gasteiger partial charge in [0.25, 0.3) is 0 Å². The van der Waals surface area contributed by atoms with Gasteiger partial charge < -0.3 is 85.4 Å². The number of ketones is 2. The standard InChI is InChI=1S/C32H52O6Si.C32H50O6Si.C29H44O6Si.C26H38O6/c2*1-12-13-23-20(4)27(33)26-24-15-14-22-17-25(35-9)30(34)36-28(21(5)38-39(10,11)31(6,7)8)18(2)16-19(3)32(22,26)37-29(23)24;1-16-14-22-21-12-11-20-15-23(32-8)27(31)33-26(19(4)35-36(9,10)28(5,6)7)17(2)13-18(3)29(20,34-22)24(21)25(16)30;1-7-8-18-15(4)22(28)21-19-10-9-17-12-20(30-6)25(29)31-23(16(5)27)13(2)11-14(3)26(17,21)32-24(18)19/h12,14-16,18,20-29,33H,1,13,17H2,2-11H3;12,14-16,18,20-26,28-29H,1,13,17H2,2-11H3;11-14,17,19-24,26H,15H2,1-10H3;7,9-11,13,15-24,27-28H,1,8,12H2,2-6H3/b2*19-16+;18-13+;14-11+/t18-,20?,21-,22-,23-,24-,25+,26+,27-,28+,29+,32+;18-,20?,21-,22-,23-,24-,25+,26+,28+,29+,32+;17-,19-,20-,21+,22+,23+,24+,26+,29+;13-,15?,16-,17-,18-,19-,20+,21+,22-,23+,24+,26+/m1111/s1. The Morgan fingerprint density at radius 2 is 0.678 bits per heavy atom. The molecule has 0 aromatic carbocycles. The van der Waals surface area contributed by atoms with Gasteiger partial charge in [0.15, 0.2) is 55.2 Å². The summed E-state index contributed by atoms with van der Waals surface area (Å²) in [7, 11) is -0.158. The summed E-state index contributed by atoms with van der Waals surface area (Å²) in [5, 5.41) is 33.7. The molecule has 27 heteroatoms. The Bertz CT molecular complexity index is 5070. The predicted molar refractivity (Wildman–Crippen MR) is 575 cm³/mol. The second kappa shape index (κ2) is 44.2. The lowest BCUT2D eigenvalue weighted by Crippen LogP contribution is -2.56. The number of rotatable bonds is 20. The molecule has 0 amide bonds. The van der Waals surface area contributed by atoms with Crippen LogP contribution in [-0.4, -0.2) is 236 Å². The third kappa shape index (κ3) is 20.9. The first-order valence-corrected chi connectivity index (χ1v) is 63.5. The number of aliphatic hydroxyl groups is 3. The number of carbonyl (C=O) groups excluding carboxylic acids is 6. The van der Waals surface area contributed by atoms with Crippen molar-refractivity contribution in [2.75, 3.05) is 28.4 Å². The zero-order valence-electron chi connectivity index (χ0n) is 94.8. The minimum atomic E-state index is -2.12. The van der Waals surface area contributed by atoms with E-state index < -0.39 is 120 Å². The van der Waals surface area contributed by atoms with Gasteiger partial charge in [-0.15, -0.1) is 19.7 Å². The third-order valence-electron chi connectivity index (χ3n) is 39.4. The molecule has 8 heterocycles. The van der Waals surface area contributed by atoms with Crippen molar-refractivity contribution in [1.82, 2.24) is 0 Å². The molecule has 44 atom stereocenters. The van der Waals surface area contributed by atoms with E-state index >= 15 is 0 Å². The van der Waals surface area contributed by atoms with Gasteiger partial charge in [-0.1, -0.05) is 202 Å². The highest BCUT2D eigenvalue weighted by atomic mass is 28.4. The highest BCUT2D eigenvalue weighted by molar-refractivity contribution is 6.75. The zero-order chi connectivity index (χ0) is 108. The molecule has 8 aliphatic heterocycles. The number of cyclic esters (lactones) is 4. The van der Waals surface area contributed by atoms with Crippen molar-refractivity contribution in [2.45, 2.75) is 405 Å². The molecule has 4 spiro atoms. The average molecular weight is 2080 g/mol. The number of aliphatic hydroxyl groups excluding tert-OH is 3. The minimum absolute atomic E-state index is 0.00108. The van der Waals surface area contributed by atoms with E-state index in [0.717, 1.165) is 47.1 Å². The molecule has 3 N–H and O–H groups in total. The van der Waals surface area contributed by atoms with E-state index in [1.807, 2.05) is 65.8 Å². The number of hydrogen-bond donors (Lipinski definition) is 3. The molecule has 3 unspecified atom stereocenters. The van der Waals surface area contributed by atoms with Crippen LogP contribution in [-0.2, 0) is 98.9 Å². The van der Waals surface area contributed by atoms with Gasteiger partial charge in [0, 0.05) is 117 Å². The van der Waals surface area contributed by atoms with Crippen LogP contribution in [0, 0.1) is 130 Å². The van der Waals surface area contributed by atoms with Crippen LogP contribution in [0.4, 0.5) is 0 Å². The second-order valence-electron chi connectivity index (χ2n) is 51.2. The Kier molecular flexibility index (Phi) is 35.5. The molecule has 0 aromatic heterocycles. The summed E-state index contributed by atoms with van der Waals surface area (Å²) >= 11 is 0. The van der Waals surface area contributed by atoms with Gasteiger partial charge >= 0.3 is 23.9 Å². The number of ether oxygens (including phenoxy) is 12. The molecular formula is C119H184O24Si3. The van der Waals surface area contributed by atoms with Crippen LogP contribution in [0.2, 0.25) is 54.4 Å². The molecule has 8 aliphatic carbocycles. The van der Waals surface area contributed by atoms with Crippen molar-refractivity contribution in [2.24, 2.45) is 130 Å². The summed E-state index contributed by atoms with van der Waals surface area (Å²) < 4.78 is 95.3. The van der Waals surface area contributed by atoms with Crippen LogP contribution < -0.4 is 0 Å². The Balaban J connectivity index is 0.000000163. The number of carbonyl (C=O) groups is 6. The van der Waals surface area contributed by atoms with Gasteiger partial charge in [-0.25, -0.2) is 19.2 Å². The fraction of sp³-hybridized carbons (Fsp3) is 0.748. The number of hydrogen-bond acceptors (Lipinski definition) is 24. The second-order valence-corrected chi connectivity index (χ2v) is 65.5. The maximum absolute atomic E-state index is 14.0. The lowest BCUT2D eigenvalue weighted by Gasteiger charge is -2.49. The first kappa shape index (κ1) is 117. The molecule has 16 bridgehead atoms. The fourth-order valence-corrected chi connectivity index (χ4v) is 32.9. The first-order chi connectivity index (χ1) is 68.0. The van der Waals surface area contributed by atoms with Crippen LogP contribution in [0.5, 0.6) is 0 Å². The summed E-state index contributed by atoms with van der Waals surface area (Å²) in [6.45, 7) is 77.5. The lowest BCUT2D eigenvalue weighted by atomic mass is 9.55. The molecule has 0 radical (unpaired) electrons. The quantitative estimate of drug-likeness (QED) is 0.0441. The SMILES string of the molecule is C=CC[C@@H]1C(C)C(=O)[C@@H]2[C@H]3C=C[C@@H]4C[C@H](OC)C(=O)O[C@H]([C@@H](C)O[Si](C)(C)C(C)(C)C)[C@H](C)/C=C(\C)[C@]42O[C@H]31.C=CC[C@@H]1C(C)[C@@H](O)[C@@H]2[C@H]3C=C[C@@H]4C[C@H](OC)C(=O)O[C@H]([C@@H](C)O)[C@H](C)/C=C(\C)[C@@]24O[C@H]31.C=CC[C@@H]1C(C)[C@@H](O)[C@@H]2[C@H]3C=C[C@@H]4C[C@H](OC)C(=O)O[C@H]([C@@H](C)O[Si](C)(C)C(C)(C)C)[C@H](C)/C=C(\C)[C@@]24O[C@H]31.CO[C@H]1C[C@H]2C=C[C@H]3[C@@H]4C=C(C)C(=O)[C@H]3[C@]2(O4)/C(C)=C/[C@@H](C)[C@@H]([C@@H](C)O[Si](C)(C)C(C)(C)C)OC1=O. The smallest absolute Gasteiger partial charge is 0.335 e. The molecule has 4 saturated heterocycles. The molecule has 16 rings (SSSR count). The van der Waals surface area contributed by atoms with E-state index in [4.69, 9.17) is 70.1 Å². The number of allylic oxidation sites excluding steroid dienone is 4. The van der Waals surface area contributed by atoms with Crippen LogP contribution in [0.1, 0.15) is 218 Å². The predicted octanol–water partition coefficient (Wildman–Crippen LogP) is 20.8. The molecule has 16 aliphatic rings. The summed E-state index contributed by atoms with van der Waals surface area (Å²) in [6, 6.07) is 0. The van der Waals surface area contributed by atoms with Crippen LogP contribution in [0.25, 0.3) is 0 Å². The van der Waals surface area contributed by atoms with E-state index in [-0.39, 0.29) is 218 Å². The van der Waals surface area contributed by atoms with Crippen molar-refractivity contribution >= 4 is 60.4 Å². The summed E-state index contributed by atoms with van der Waals surface area (Å²) in [6.07, 6.45) is 29.5. The number of Topliss-reactive ketones (excluding diaryl/α,β-unsaturated/α-hetero) is 2. The van der Waals surface area contributed by atoms with E-state index in [1.165, 1.54) is 7.11 Å². The normalized spacial score (nSPS) is 44.5. The van der Waals surface area contributed by atoms with E-state index in [0.29, 0.717) is 25.7 Å². The molecule has 146 heavy (non-hydrogen) atoms. The van der Waals surface area contributed by atoms with Crippen molar-refractivity contribution in [1.29, 1.82) is 0 Å². The van der Waals surface area contributed by atoms with Crippen molar-refractivity contribution in [3.63, 3.8) is 0 Å². The number of methoxy groups -OCH3 is 4. The Morgan fingerprint density at radius 3 is 1.00 bits per heavy atom. The van der Waals surface area contributed by atoms with Crippen LogP contribution in [0.15, 0.2) is 145 Å². The van der Waals surface area contributed by atoms with E-state index in [2.05, 4.69) is 257 Å². The van der Waals surface area contributed by atoms with E-state index in [9.17, 15) is 44.1 Å². The average Bonchev–Trinajstić information content (AvgIpc) is 1.54. The number of esters is 4. The Hall–Kier alpha value is -5.81.